The van der Waals surface area contributed by atoms with Crippen LogP contribution in [0.2, 0.25) is 0 Å². The molecule has 1 aromatic rings. The fourth-order valence-corrected chi connectivity index (χ4v) is 1.15. The predicted octanol–water partition coefficient (Wildman–Crippen LogP) is 0.575. The van der Waals surface area contributed by atoms with Crippen LogP contribution >= 0.6 is 15.9 Å². The molecular weight excluding hydrogens is 278 g/mol. The maximum absolute atomic E-state index is 11.1. The molecule has 16 heavy (non-hydrogen) atoms. The fourth-order valence-electron chi connectivity index (χ4n) is 0.947. The van der Waals surface area contributed by atoms with Crippen LogP contribution in [0.4, 0.5) is 5.95 Å². The molecule has 6 nitrogen and oxygen atoms in total. The molecule has 1 atom stereocenters. The number of ether oxygens (including phenoxy) is 1. The third kappa shape index (κ3) is 3.42. The number of halogens is 1. The molecule has 0 aliphatic rings. The minimum absolute atomic E-state index is 0.0265. The molecule has 2 N–H and O–H groups in total. The van der Waals surface area contributed by atoms with Gasteiger partial charge in [-0.25, -0.2) is 14.8 Å². The first-order valence-corrected chi connectivity index (χ1v) is 5.27. The lowest BCUT2D eigenvalue weighted by Crippen LogP contribution is -2.43. The van der Waals surface area contributed by atoms with E-state index in [1.54, 1.807) is 12.4 Å². The minimum atomic E-state index is -1.61. The van der Waals surface area contributed by atoms with E-state index in [2.05, 4.69) is 36.0 Å². The van der Waals surface area contributed by atoms with E-state index in [0.29, 0.717) is 5.95 Å². The van der Waals surface area contributed by atoms with Crippen LogP contribution < -0.4 is 5.32 Å². The summed E-state index contributed by atoms with van der Waals surface area (Å²) in [6, 6.07) is 0. The molecule has 0 bridgehead atoms. The van der Waals surface area contributed by atoms with Crippen LogP contribution in [0.5, 0.6) is 0 Å². The summed E-state index contributed by atoms with van der Waals surface area (Å²) in [5.41, 5.74) is -1.61. The second kappa shape index (κ2) is 5.22. The predicted molar refractivity (Wildman–Crippen MR) is 60.9 cm³/mol. The van der Waals surface area contributed by atoms with Gasteiger partial charge in [-0.1, -0.05) is 0 Å². The van der Waals surface area contributed by atoms with Crippen LogP contribution in [0.15, 0.2) is 16.9 Å². The number of hydrogen-bond donors (Lipinski definition) is 2. The number of rotatable bonds is 4. The molecular formula is C9H12BrN3O3. The fraction of sp³-hybridized carbons (Fsp3) is 0.444. The summed E-state index contributed by atoms with van der Waals surface area (Å²) in [5.74, 6) is -0.385. The number of aliphatic hydroxyl groups is 1. The molecule has 0 amide bonds. The van der Waals surface area contributed by atoms with Crippen molar-refractivity contribution in [2.24, 2.45) is 0 Å². The van der Waals surface area contributed by atoms with Gasteiger partial charge in [0.1, 0.15) is 0 Å². The zero-order valence-electron chi connectivity index (χ0n) is 8.90. The van der Waals surface area contributed by atoms with E-state index in [1.165, 1.54) is 14.0 Å². The first kappa shape index (κ1) is 12.9. The first-order valence-electron chi connectivity index (χ1n) is 4.48. The quantitative estimate of drug-likeness (QED) is 0.789. The summed E-state index contributed by atoms with van der Waals surface area (Å²) < 4.78 is 5.19. The SMILES string of the molecule is COC(=O)[C@@](C)(O)CNc1ncc(Br)cn1. The summed E-state index contributed by atoms with van der Waals surface area (Å²) >= 11 is 3.19. The number of hydrogen-bond acceptors (Lipinski definition) is 6. The van der Waals surface area contributed by atoms with E-state index in [0.717, 1.165) is 4.47 Å². The molecule has 0 radical (unpaired) electrons. The topological polar surface area (TPSA) is 84.3 Å². The van der Waals surface area contributed by atoms with Gasteiger partial charge in [-0.3, -0.25) is 0 Å². The van der Waals surface area contributed by atoms with Crippen molar-refractivity contribution in [2.45, 2.75) is 12.5 Å². The average Bonchev–Trinajstić information content (AvgIpc) is 2.27. The molecule has 88 valence electrons. The lowest BCUT2D eigenvalue weighted by atomic mass is 10.1. The van der Waals surface area contributed by atoms with Crippen LogP contribution in [0, 0.1) is 0 Å². The Morgan fingerprint density at radius 1 is 1.62 bits per heavy atom. The Hall–Kier alpha value is -1.21. The van der Waals surface area contributed by atoms with Crippen molar-refractivity contribution < 1.29 is 14.6 Å². The smallest absolute Gasteiger partial charge is 0.339 e. The van der Waals surface area contributed by atoms with Gasteiger partial charge in [0.25, 0.3) is 0 Å². The molecule has 7 heteroatoms. The number of esters is 1. The van der Waals surface area contributed by atoms with Gasteiger partial charge >= 0.3 is 5.97 Å². The Labute approximate surface area is 101 Å². The van der Waals surface area contributed by atoms with Gasteiger partial charge < -0.3 is 15.2 Å². The van der Waals surface area contributed by atoms with Gasteiger partial charge in [0.05, 0.1) is 18.1 Å². The summed E-state index contributed by atoms with van der Waals surface area (Å²) in [6.45, 7) is 1.33. The van der Waals surface area contributed by atoms with Gasteiger partial charge in [0.15, 0.2) is 5.60 Å². The lowest BCUT2D eigenvalue weighted by molar-refractivity contribution is -0.158. The minimum Gasteiger partial charge on any atom is -0.467 e. The number of aromatic nitrogens is 2. The van der Waals surface area contributed by atoms with E-state index >= 15 is 0 Å². The Morgan fingerprint density at radius 3 is 2.69 bits per heavy atom. The first-order chi connectivity index (χ1) is 7.45. The highest BCUT2D eigenvalue weighted by molar-refractivity contribution is 9.10. The number of nitrogens with zero attached hydrogens (tertiary/aromatic N) is 2. The monoisotopic (exact) mass is 289 g/mol. The third-order valence-corrected chi connectivity index (χ3v) is 2.25. The van der Waals surface area contributed by atoms with E-state index in [9.17, 15) is 9.90 Å². The van der Waals surface area contributed by atoms with Crippen molar-refractivity contribution in [1.29, 1.82) is 0 Å². The number of nitrogens with one attached hydrogen (secondary N) is 1. The molecule has 1 rings (SSSR count). The Balaban J connectivity index is 2.57. The normalized spacial score (nSPS) is 14.0. The van der Waals surface area contributed by atoms with E-state index in [1.807, 2.05) is 0 Å². The summed E-state index contributed by atoms with van der Waals surface area (Å²) in [6.07, 6.45) is 3.12. The number of anilines is 1. The molecule has 1 aromatic heterocycles. The molecule has 0 fully saturated rings. The van der Waals surface area contributed by atoms with Gasteiger partial charge in [-0.2, -0.15) is 0 Å². The zero-order chi connectivity index (χ0) is 12.2. The van der Waals surface area contributed by atoms with Crippen LogP contribution in [0.1, 0.15) is 6.92 Å². The Kier molecular flexibility index (Phi) is 4.19. The Morgan fingerprint density at radius 2 is 2.19 bits per heavy atom. The third-order valence-electron chi connectivity index (χ3n) is 1.84. The summed E-state index contributed by atoms with van der Waals surface area (Å²) in [7, 11) is 1.22. The van der Waals surface area contributed by atoms with Crippen molar-refractivity contribution in [3.05, 3.63) is 16.9 Å². The van der Waals surface area contributed by atoms with E-state index in [4.69, 9.17) is 0 Å². The molecule has 0 saturated heterocycles. The van der Waals surface area contributed by atoms with Crippen molar-refractivity contribution in [1.82, 2.24) is 9.97 Å². The highest BCUT2D eigenvalue weighted by Gasteiger charge is 2.31. The highest BCUT2D eigenvalue weighted by atomic mass is 79.9. The van der Waals surface area contributed by atoms with Crippen molar-refractivity contribution in [2.75, 3.05) is 19.0 Å². The maximum Gasteiger partial charge on any atom is 0.339 e. The summed E-state index contributed by atoms with van der Waals surface area (Å²) in [4.78, 5) is 19.0. The van der Waals surface area contributed by atoms with Gasteiger partial charge in [0.2, 0.25) is 5.95 Å². The summed E-state index contributed by atoms with van der Waals surface area (Å²) in [5, 5.41) is 12.4. The lowest BCUT2D eigenvalue weighted by Gasteiger charge is -2.20. The largest absolute Gasteiger partial charge is 0.467 e. The number of methoxy groups -OCH3 is 1. The van der Waals surface area contributed by atoms with Crippen LogP contribution in [-0.2, 0) is 9.53 Å². The highest BCUT2D eigenvalue weighted by Crippen LogP contribution is 2.09. The number of carbonyl (C=O) groups excluding carboxylic acids is 1. The molecule has 0 unspecified atom stereocenters. The molecule has 0 aliphatic heterocycles. The molecule has 0 saturated carbocycles. The molecule has 0 aliphatic carbocycles. The molecule has 1 heterocycles. The van der Waals surface area contributed by atoms with Gasteiger partial charge in [-0.05, 0) is 22.9 Å². The van der Waals surface area contributed by atoms with E-state index < -0.39 is 11.6 Å². The van der Waals surface area contributed by atoms with Crippen molar-refractivity contribution in [3.63, 3.8) is 0 Å². The average molecular weight is 290 g/mol. The second-order valence-corrected chi connectivity index (χ2v) is 4.26. The van der Waals surface area contributed by atoms with Crippen LogP contribution in [0.25, 0.3) is 0 Å². The van der Waals surface area contributed by atoms with Gasteiger partial charge in [-0.15, -0.1) is 0 Å². The van der Waals surface area contributed by atoms with Crippen LogP contribution in [-0.4, -0.2) is 40.3 Å². The Bertz CT molecular complexity index is 367. The van der Waals surface area contributed by atoms with Crippen LogP contribution in [0.3, 0.4) is 0 Å². The zero-order valence-corrected chi connectivity index (χ0v) is 10.5. The maximum atomic E-state index is 11.1. The van der Waals surface area contributed by atoms with E-state index in [-0.39, 0.29) is 6.54 Å². The van der Waals surface area contributed by atoms with Crippen molar-refractivity contribution in [3.8, 4) is 0 Å². The molecule has 0 spiro atoms. The standard InChI is InChI=1S/C9H12BrN3O3/c1-9(15,7(14)16-2)5-13-8-11-3-6(10)4-12-8/h3-4,15H,5H2,1-2H3,(H,11,12,13)/t9-/m0/s1. The second-order valence-electron chi connectivity index (χ2n) is 3.34. The van der Waals surface area contributed by atoms with Crippen molar-refractivity contribution >= 4 is 27.8 Å². The van der Waals surface area contributed by atoms with Gasteiger partial charge in [0, 0.05) is 12.4 Å². The molecule has 0 aromatic carbocycles. The number of carbonyl (C=O) groups is 1.